The first kappa shape index (κ1) is 18.6. The zero-order valence-corrected chi connectivity index (χ0v) is 15.4. The molecule has 1 heterocycles. The molecule has 1 aromatic carbocycles. The minimum Gasteiger partial charge on any atom is -0.481 e. The molecule has 0 spiro atoms. The van der Waals surface area contributed by atoms with Crippen molar-refractivity contribution in [2.24, 2.45) is 5.10 Å². The Morgan fingerprint density at radius 2 is 2.04 bits per heavy atom. The largest absolute Gasteiger partial charge is 0.481 e. The molecule has 131 valence electrons. The molecule has 0 saturated heterocycles. The number of nitrogens with one attached hydrogen (secondary N) is 1. The number of halogens is 2. The SMILES string of the molecule is O=C(O)[C]1[CH][CH][CH][C]1/C=N/Nc1cnn(-c2ccc(Br)cc2)c(=O)c1Cl. The van der Waals surface area contributed by atoms with Gasteiger partial charge in [-0.05, 0) is 43.5 Å². The zero-order chi connectivity index (χ0) is 18.7. The number of carboxylic acids is 1. The molecule has 1 aliphatic carbocycles. The summed E-state index contributed by atoms with van der Waals surface area (Å²) in [7, 11) is 0. The summed E-state index contributed by atoms with van der Waals surface area (Å²) in [5.74, 6) is -0.490. The lowest BCUT2D eigenvalue weighted by Gasteiger charge is -2.09. The van der Waals surface area contributed by atoms with Gasteiger partial charge in [0.1, 0.15) is 16.6 Å². The number of rotatable bonds is 5. The third-order valence-electron chi connectivity index (χ3n) is 3.46. The molecule has 1 aromatic heterocycles. The van der Waals surface area contributed by atoms with Crippen molar-refractivity contribution in [1.82, 2.24) is 9.78 Å². The molecule has 26 heavy (non-hydrogen) atoms. The van der Waals surface area contributed by atoms with Crippen molar-refractivity contribution in [3.63, 3.8) is 0 Å². The topological polar surface area (TPSA) is 96.6 Å². The molecule has 5 radical (unpaired) electrons. The van der Waals surface area contributed by atoms with E-state index >= 15 is 0 Å². The predicted octanol–water partition coefficient (Wildman–Crippen LogP) is 2.91. The van der Waals surface area contributed by atoms with E-state index in [0.717, 1.165) is 4.47 Å². The molecule has 7 nitrogen and oxygen atoms in total. The minimum atomic E-state index is -1.05. The number of benzene rings is 1. The average molecular weight is 435 g/mol. The highest BCUT2D eigenvalue weighted by Gasteiger charge is 2.34. The normalized spacial score (nSPS) is 15.6. The second-order valence-corrected chi connectivity index (χ2v) is 6.43. The summed E-state index contributed by atoms with van der Waals surface area (Å²) in [4.78, 5) is 23.4. The fourth-order valence-corrected chi connectivity index (χ4v) is 2.63. The molecule has 2 aromatic rings. The first-order valence-electron chi connectivity index (χ1n) is 7.29. The molecule has 0 atom stereocenters. The van der Waals surface area contributed by atoms with Gasteiger partial charge in [0, 0.05) is 16.6 Å². The maximum atomic E-state index is 12.4. The van der Waals surface area contributed by atoms with Crippen LogP contribution < -0.4 is 11.0 Å². The fourth-order valence-electron chi connectivity index (χ4n) is 2.19. The standard InChI is InChI=1S/C17H11BrClN4O3/c18-11-4-6-12(7-5-11)23-16(24)15(19)14(9-21-23)22-20-8-10-2-1-3-13(10)17(25)26/h1-9,22H,(H,25,26)/b20-8+. The molecule has 1 fully saturated rings. The van der Waals surface area contributed by atoms with E-state index in [1.807, 2.05) is 0 Å². The number of hydrazone groups is 1. The molecule has 9 heteroatoms. The quantitative estimate of drug-likeness (QED) is 0.557. The summed E-state index contributed by atoms with van der Waals surface area (Å²) in [6.07, 6.45) is 7.39. The Kier molecular flexibility index (Phi) is 5.73. The third-order valence-corrected chi connectivity index (χ3v) is 4.35. The fraction of sp³-hybridized carbons (Fsp3) is 0. The van der Waals surface area contributed by atoms with Crippen molar-refractivity contribution >= 4 is 45.4 Å². The van der Waals surface area contributed by atoms with Crippen LogP contribution in [0.2, 0.25) is 5.02 Å². The average Bonchev–Trinajstić information content (AvgIpc) is 3.09. The first-order valence-corrected chi connectivity index (χ1v) is 8.46. The van der Waals surface area contributed by atoms with Crippen molar-refractivity contribution in [2.75, 3.05) is 5.43 Å². The van der Waals surface area contributed by atoms with Gasteiger partial charge in [-0.15, -0.1) is 0 Å². The van der Waals surface area contributed by atoms with Gasteiger partial charge >= 0.3 is 5.97 Å². The highest BCUT2D eigenvalue weighted by atomic mass is 79.9. The number of hydrogen-bond donors (Lipinski definition) is 2. The minimum absolute atomic E-state index is 0.0824. The Morgan fingerprint density at radius 3 is 2.73 bits per heavy atom. The second-order valence-electron chi connectivity index (χ2n) is 5.14. The van der Waals surface area contributed by atoms with Crippen LogP contribution in [-0.2, 0) is 4.79 Å². The van der Waals surface area contributed by atoms with E-state index in [4.69, 9.17) is 16.7 Å². The number of carboxylic acid groups (broad SMARTS) is 1. The van der Waals surface area contributed by atoms with Crippen molar-refractivity contribution < 1.29 is 9.90 Å². The zero-order valence-electron chi connectivity index (χ0n) is 13.1. The predicted molar refractivity (Wildman–Crippen MR) is 102 cm³/mol. The molecule has 1 saturated carbocycles. The van der Waals surface area contributed by atoms with Gasteiger partial charge in [0.05, 0.1) is 11.9 Å². The highest BCUT2D eigenvalue weighted by Crippen LogP contribution is 2.31. The van der Waals surface area contributed by atoms with Crippen LogP contribution in [-0.4, -0.2) is 27.1 Å². The summed E-state index contributed by atoms with van der Waals surface area (Å²) >= 11 is 9.43. The van der Waals surface area contributed by atoms with Gasteiger partial charge in [0.2, 0.25) is 0 Å². The van der Waals surface area contributed by atoms with Crippen LogP contribution in [0.1, 0.15) is 0 Å². The summed E-state index contributed by atoms with van der Waals surface area (Å²) in [5, 5.41) is 17.0. The van der Waals surface area contributed by atoms with Gasteiger partial charge < -0.3 is 5.11 Å². The highest BCUT2D eigenvalue weighted by molar-refractivity contribution is 9.10. The maximum Gasteiger partial charge on any atom is 0.312 e. The van der Waals surface area contributed by atoms with E-state index in [2.05, 4.69) is 31.6 Å². The lowest BCUT2D eigenvalue weighted by atomic mass is 9.98. The van der Waals surface area contributed by atoms with Crippen molar-refractivity contribution in [3.05, 3.63) is 81.4 Å². The van der Waals surface area contributed by atoms with Gasteiger partial charge in [-0.25, -0.2) is 0 Å². The summed E-state index contributed by atoms with van der Waals surface area (Å²) in [6, 6.07) is 7.02. The van der Waals surface area contributed by atoms with E-state index in [1.165, 1.54) is 23.5 Å². The molecular formula is C17H11BrClN4O3. The number of nitrogens with zero attached hydrogens (tertiary/aromatic N) is 3. The smallest absolute Gasteiger partial charge is 0.312 e. The Bertz CT molecular complexity index is 898. The van der Waals surface area contributed by atoms with Crippen LogP contribution in [0.15, 0.2) is 44.8 Å². The number of carbonyl (C=O) groups is 1. The lowest BCUT2D eigenvalue weighted by Crippen LogP contribution is -2.22. The molecule has 0 aliphatic heterocycles. The lowest BCUT2D eigenvalue weighted by molar-refractivity contribution is -0.134. The summed E-state index contributed by atoms with van der Waals surface area (Å²) in [5.41, 5.74) is 2.88. The van der Waals surface area contributed by atoms with E-state index < -0.39 is 11.5 Å². The van der Waals surface area contributed by atoms with Crippen LogP contribution in [0.4, 0.5) is 5.69 Å². The Labute approximate surface area is 162 Å². The maximum absolute atomic E-state index is 12.4. The number of aliphatic carboxylic acids is 1. The van der Waals surface area contributed by atoms with Crippen LogP contribution in [0, 0.1) is 31.1 Å². The molecule has 2 N–H and O–H groups in total. The van der Waals surface area contributed by atoms with Gasteiger partial charge in [-0.2, -0.15) is 14.9 Å². The van der Waals surface area contributed by atoms with Gasteiger partial charge in [-0.1, -0.05) is 27.5 Å². The van der Waals surface area contributed by atoms with Crippen LogP contribution in [0.3, 0.4) is 0 Å². The molecule has 3 rings (SSSR count). The number of anilines is 1. The van der Waals surface area contributed by atoms with Crippen molar-refractivity contribution in [1.29, 1.82) is 0 Å². The molecular weight excluding hydrogens is 424 g/mol. The van der Waals surface area contributed by atoms with E-state index in [1.54, 1.807) is 37.1 Å². The van der Waals surface area contributed by atoms with E-state index in [9.17, 15) is 9.59 Å². The van der Waals surface area contributed by atoms with Crippen molar-refractivity contribution in [3.8, 4) is 5.69 Å². The van der Waals surface area contributed by atoms with E-state index in [-0.39, 0.29) is 16.6 Å². The molecule has 0 unspecified atom stereocenters. The molecule has 0 amide bonds. The number of aromatic nitrogens is 2. The second kappa shape index (κ2) is 8.01. The molecule has 0 bridgehead atoms. The summed E-state index contributed by atoms with van der Waals surface area (Å²) in [6.45, 7) is 0. The van der Waals surface area contributed by atoms with Gasteiger partial charge in [-0.3, -0.25) is 15.0 Å². The van der Waals surface area contributed by atoms with Gasteiger partial charge in [0.25, 0.3) is 5.56 Å². The van der Waals surface area contributed by atoms with Crippen molar-refractivity contribution in [2.45, 2.75) is 0 Å². The Morgan fingerprint density at radius 1 is 1.31 bits per heavy atom. The van der Waals surface area contributed by atoms with Crippen LogP contribution in [0.25, 0.3) is 5.69 Å². The van der Waals surface area contributed by atoms with E-state index in [0.29, 0.717) is 11.6 Å². The molecule has 1 aliphatic rings. The van der Waals surface area contributed by atoms with Crippen LogP contribution >= 0.6 is 27.5 Å². The van der Waals surface area contributed by atoms with Crippen LogP contribution in [0.5, 0.6) is 0 Å². The number of hydrogen-bond acceptors (Lipinski definition) is 5. The summed E-state index contributed by atoms with van der Waals surface area (Å²) < 4.78 is 2.05. The Balaban J connectivity index is 1.76. The third kappa shape index (κ3) is 3.96. The monoisotopic (exact) mass is 433 g/mol. The Hall–Kier alpha value is -2.19. The first-order chi connectivity index (χ1) is 12.5. The van der Waals surface area contributed by atoms with Gasteiger partial charge in [0.15, 0.2) is 0 Å².